The molecule has 1 saturated heterocycles. The van der Waals surface area contributed by atoms with Crippen molar-refractivity contribution in [2.24, 2.45) is 5.92 Å². The zero-order valence-corrected chi connectivity index (χ0v) is 8.63. The lowest BCUT2D eigenvalue weighted by atomic mass is 9.92. The van der Waals surface area contributed by atoms with E-state index in [1.807, 2.05) is 6.08 Å². The molecule has 2 rings (SSSR count). The normalized spacial score (nSPS) is 27.9. The van der Waals surface area contributed by atoms with E-state index in [1.165, 1.54) is 18.4 Å². The van der Waals surface area contributed by atoms with Crippen LogP contribution in [0.4, 0.5) is 0 Å². The summed E-state index contributed by atoms with van der Waals surface area (Å²) in [6.45, 7) is 1.86. The van der Waals surface area contributed by atoms with E-state index >= 15 is 0 Å². The zero-order chi connectivity index (χ0) is 9.80. The van der Waals surface area contributed by atoms with Gasteiger partial charge in [-0.25, -0.2) is 0 Å². The number of allylic oxidation sites excluding steroid dienone is 2. The van der Waals surface area contributed by atoms with Gasteiger partial charge in [0.15, 0.2) is 5.78 Å². The van der Waals surface area contributed by atoms with Gasteiger partial charge in [-0.1, -0.05) is 5.57 Å². The summed E-state index contributed by atoms with van der Waals surface area (Å²) < 4.78 is 5.33. The maximum atomic E-state index is 11.2. The van der Waals surface area contributed by atoms with Gasteiger partial charge in [0.2, 0.25) is 0 Å². The van der Waals surface area contributed by atoms with Crippen LogP contribution in [-0.4, -0.2) is 19.0 Å². The summed E-state index contributed by atoms with van der Waals surface area (Å²) >= 11 is 0. The van der Waals surface area contributed by atoms with Gasteiger partial charge in [-0.2, -0.15) is 0 Å². The predicted molar refractivity (Wildman–Crippen MR) is 55.1 cm³/mol. The van der Waals surface area contributed by atoms with E-state index in [4.69, 9.17) is 4.74 Å². The van der Waals surface area contributed by atoms with Gasteiger partial charge in [-0.05, 0) is 44.1 Å². The molecule has 1 unspecified atom stereocenters. The number of carbonyl (C=O) groups excluding carboxylic acids is 1. The quantitative estimate of drug-likeness (QED) is 0.690. The van der Waals surface area contributed by atoms with Crippen LogP contribution in [0.3, 0.4) is 0 Å². The first-order valence-electron chi connectivity index (χ1n) is 5.64. The van der Waals surface area contributed by atoms with Crippen molar-refractivity contribution in [2.75, 3.05) is 13.2 Å². The fourth-order valence-corrected chi connectivity index (χ4v) is 2.26. The molecule has 0 aromatic rings. The first kappa shape index (κ1) is 9.91. The van der Waals surface area contributed by atoms with Gasteiger partial charge < -0.3 is 4.74 Å². The van der Waals surface area contributed by atoms with E-state index in [1.54, 1.807) is 0 Å². The van der Waals surface area contributed by atoms with Gasteiger partial charge in [-0.3, -0.25) is 4.79 Å². The third-order valence-electron chi connectivity index (χ3n) is 3.18. The number of ketones is 1. The molecule has 14 heavy (non-hydrogen) atoms. The number of hydrogen-bond donors (Lipinski definition) is 0. The van der Waals surface area contributed by atoms with Crippen LogP contribution in [0.5, 0.6) is 0 Å². The summed E-state index contributed by atoms with van der Waals surface area (Å²) in [6, 6.07) is 0. The van der Waals surface area contributed by atoms with Crippen LogP contribution < -0.4 is 0 Å². The Morgan fingerprint density at radius 1 is 1.43 bits per heavy atom. The summed E-state index contributed by atoms with van der Waals surface area (Å²) in [7, 11) is 0. The first-order chi connectivity index (χ1) is 6.84. The molecule has 1 aliphatic carbocycles. The molecule has 0 spiro atoms. The Morgan fingerprint density at radius 3 is 3.07 bits per heavy atom. The molecule has 78 valence electrons. The van der Waals surface area contributed by atoms with Crippen LogP contribution in [0.1, 0.15) is 38.5 Å². The molecule has 2 nitrogen and oxygen atoms in total. The van der Waals surface area contributed by atoms with Crippen LogP contribution in [0.25, 0.3) is 0 Å². The maximum Gasteiger partial charge on any atom is 0.155 e. The van der Waals surface area contributed by atoms with Gasteiger partial charge in [-0.15, -0.1) is 0 Å². The number of ether oxygens (including phenoxy) is 1. The molecule has 1 heterocycles. The van der Waals surface area contributed by atoms with Crippen LogP contribution in [0.2, 0.25) is 0 Å². The van der Waals surface area contributed by atoms with Crippen molar-refractivity contribution in [3.8, 4) is 0 Å². The molecule has 1 aliphatic heterocycles. The van der Waals surface area contributed by atoms with Crippen LogP contribution in [0, 0.1) is 5.92 Å². The standard InChI is InChI=1S/C12H18O2/c13-12-3-1-2-10(8-12)4-5-11-6-7-14-9-11/h8,11H,1-7,9H2. The highest BCUT2D eigenvalue weighted by Gasteiger charge is 2.17. The zero-order valence-electron chi connectivity index (χ0n) is 8.63. The topological polar surface area (TPSA) is 26.3 Å². The summed E-state index contributed by atoms with van der Waals surface area (Å²) in [5.41, 5.74) is 1.37. The Bertz CT molecular complexity index is 237. The molecule has 0 bridgehead atoms. The van der Waals surface area contributed by atoms with E-state index in [0.29, 0.717) is 5.78 Å². The molecule has 0 aromatic heterocycles. The lowest BCUT2D eigenvalue weighted by molar-refractivity contribution is -0.115. The molecule has 1 atom stereocenters. The predicted octanol–water partition coefficient (Wildman–Crippen LogP) is 2.48. The largest absolute Gasteiger partial charge is 0.381 e. The Hall–Kier alpha value is -0.630. The summed E-state index contributed by atoms with van der Waals surface area (Å²) in [5, 5.41) is 0. The van der Waals surface area contributed by atoms with Crippen molar-refractivity contribution in [3.05, 3.63) is 11.6 Å². The monoisotopic (exact) mass is 194 g/mol. The second-order valence-corrected chi connectivity index (χ2v) is 4.39. The second kappa shape index (κ2) is 4.74. The second-order valence-electron chi connectivity index (χ2n) is 4.39. The number of hydrogen-bond acceptors (Lipinski definition) is 2. The average Bonchev–Trinajstić information content (AvgIpc) is 2.67. The highest BCUT2D eigenvalue weighted by atomic mass is 16.5. The highest BCUT2D eigenvalue weighted by Crippen LogP contribution is 2.25. The van der Waals surface area contributed by atoms with Gasteiger partial charge in [0.25, 0.3) is 0 Å². The molecule has 1 fully saturated rings. The Morgan fingerprint density at radius 2 is 2.36 bits per heavy atom. The Labute approximate surface area is 85.3 Å². The lowest BCUT2D eigenvalue weighted by Crippen LogP contribution is -2.05. The summed E-state index contributed by atoms with van der Waals surface area (Å²) in [6.07, 6.45) is 8.36. The van der Waals surface area contributed by atoms with Crippen molar-refractivity contribution >= 4 is 5.78 Å². The van der Waals surface area contributed by atoms with Crippen LogP contribution >= 0.6 is 0 Å². The van der Waals surface area contributed by atoms with Crippen molar-refractivity contribution < 1.29 is 9.53 Å². The molecule has 2 aliphatic rings. The van der Waals surface area contributed by atoms with E-state index in [0.717, 1.165) is 44.8 Å². The van der Waals surface area contributed by atoms with Crippen molar-refractivity contribution in [3.63, 3.8) is 0 Å². The third kappa shape index (κ3) is 2.68. The maximum absolute atomic E-state index is 11.2. The fraction of sp³-hybridized carbons (Fsp3) is 0.750. The van der Waals surface area contributed by atoms with Gasteiger partial charge in [0, 0.05) is 19.6 Å². The highest BCUT2D eigenvalue weighted by molar-refractivity contribution is 5.91. The van der Waals surface area contributed by atoms with E-state index in [9.17, 15) is 4.79 Å². The molecule has 0 saturated carbocycles. The number of carbonyl (C=O) groups is 1. The minimum absolute atomic E-state index is 0.328. The minimum atomic E-state index is 0.328. The van der Waals surface area contributed by atoms with Crippen molar-refractivity contribution in [1.29, 1.82) is 0 Å². The summed E-state index contributed by atoms with van der Waals surface area (Å²) in [4.78, 5) is 11.2. The smallest absolute Gasteiger partial charge is 0.155 e. The SMILES string of the molecule is O=C1C=C(CCC2CCOC2)CCC1. The average molecular weight is 194 g/mol. The molecule has 2 heteroatoms. The molecule has 0 aromatic carbocycles. The van der Waals surface area contributed by atoms with Crippen LogP contribution in [-0.2, 0) is 9.53 Å². The molecular formula is C12H18O2. The van der Waals surface area contributed by atoms with E-state index in [2.05, 4.69) is 0 Å². The lowest BCUT2D eigenvalue weighted by Gasteiger charge is -2.13. The van der Waals surface area contributed by atoms with E-state index < -0.39 is 0 Å². The molecule has 0 radical (unpaired) electrons. The molecule has 0 N–H and O–H groups in total. The minimum Gasteiger partial charge on any atom is -0.381 e. The molecule has 0 amide bonds. The van der Waals surface area contributed by atoms with E-state index in [-0.39, 0.29) is 0 Å². The number of rotatable bonds is 3. The van der Waals surface area contributed by atoms with Gasteiger partial charge in [0.1, 0.15) is 0 Å². The van der Waals surface area contributed by atoms with Gasteiger partial charge in [0.05, 0.1) is 0 Å². The Balaban J connectivity index is 1.76. The first-order valence-corrected chi connectivity index (χ1v) is 5.64. The van der Waals surface area contributed by atoms with Crippen LogP contribution in [0.15, 0.2) is 11.6 Å². The Kier molecular flexibility index (Phi) is 3.35. The summed E-state index contributed by atoms with van der Waals surface area (Å²) in [5.74, 6) is 1.07. The van der Waals surface area contributed by atoms with Gasteiger partial charge >= 0.3 is 0 Å². The fourth-order valence-electron chi connectivity index (χ4n) is 2.26. The molecular weight excluding hydrogens is 176 g/mol. The third-order valence-corrected chi connectivity index (χ3v) is 3.18. The van der Waals surface area contributed by atoms with Crippen molar-refractivity contribution in [1.82, 2.24) is 0 Å². The van der Waals surface area contributed by atoms with Crippen molar-refractivity contribution in [2.45, 2.75) is 38.5 Å².